The Morgan fingerprint density at radius 2 is 2.05 bits per heavy atom. The Hall–Kier alpha value is -2.76. The molecule has 0 aliphatic rings. The predicted octanol–water partition coefficient (Wildman–Crippen LogP) is 2.61. The zero-order valence-electron chi connectivity index (χ0n) is 10.1. The van der Waals surface area contributed by atoms with Crippen molar-refractivity contribution in [2.45, 2.75) is 6.92 Å². The van der Waals surface area contributed by atoms with Gasteiger partial charge in [0.05, 0.1) is 22.4 Å². The minimum absolute atomic E-state index is 0.0585. The molecule has 0 bridgehead atoms. The molecule has 0 saturated heterocycles. The summed E-state index contributed by atoms with van der Waals surface area (Å²) < 4.78 is 1.62. The highest BCUT2D eigenvalue weighted by Crippen LogP contribution is 2.29. The minimum Gasteiger partial charge on any atom is -0.258 e. The zero-order valence-corrected chi connectivity index (χ0v) is 10.1. The van der Waals surface area contributed by atoms with Crippen LogP contribution in [0.2, 0.25) is 0 Å². The van der Waals surface area contributed by atoms with E-state index in [0.717, 1.165) is 5.56 Å². The van der Waals surface area contributed by atoms with Gasteiger partial charge in [-0.2, -0.15) is 5.10 Å². The summed E-state index contributed by atoms with van der Waals surface area (Å²) >= 11 is 0. The molecule has 0 saturated carbocycles. The van der Waals surface area contributed by atoms with Crippen LogP contribution in [-0.4, -0.2) is 19.5 Å². The van der Waals surface area contributed by atoms with E-state index < -0.39 is 4.92 Å². The highest BCUT2D eigenvalue weighted by Gasteiger charge is 2.17. The number of aryl methyl sites for hydroxylation is 1. The summed E-state index contributed by atoms with van der Waals surface area (Å²) in [7, 11) is 0. The van der Waals surface area contributed by atoms with Gasteiger partial charge in [-0.1, -0.05) is 12.1 Å². The van der Waals surface area contributed by atoms with Crippen molar-refractivity contribution in [1.29, 1.82) is 0 Å². The van der Waals surface area contributed by atoms with Crippen molar-refractivity contribution in [1.82, 2.24) is 14.6 Å². The van der Waals surface area contributed by atoms with Crippen LogP contribution in [0.1, 0.15) is 5.56 Å². The molecule has 0 spiro atoms. The molecule has 3 rings (SSSR count). The number of para-hydroxylation sites is 1. The van der Waals surface area contributed by atoms with Gasteiger partial charge in [0.2, 0.25) is 0 Å². The maximum atomic E-state index is 11.1. The standard InChI is InChI=1S/C13H10N4O2/c1-9-8-15-16-11(6-7-14-13(9)16)10-4-2-3-5-12(10)17(18)19/h2-8H,1H3. The van der Waals surface area contributed by atoms with E-state index in [1.54, 1.807) is 41.2 Å². The fraction of sp³-hybridized carbons (Fsp3) is 0.0769. The molecule has 0 unspecified atom stereocenters. The molecule has 0 fully saturated rings. The molecule has 0 radical (unpaired) electrons. The molecule has 0 N–H and O–H groups in total. The Balaban J connectivity index is 2.34. The van der Waals surface area contributed by atoms with E-state index in [9.17, 15) is 10.1 Å². The fourth-order valence-corrected chi connectivity index (χ4v) is 2.06. The number of nitrogens with zero attached hydrogens (tertiary/aromatic N) is 4. The Morgan fingerprint density at radius 1 is 1.26 bits per heavy atom. The molecular weight excluding hydrogens is 244 g/mol. The molecule has 94 valence electrons. The lowest BCUT2D eigenvalue weighted by atomic mass is 10.1. The number of benzene rings is 1. The van der Waals surface area contributed by atoms with Crippen molar-refractivity contribution in [2.75, 3.05) is 0 Å². The van der Waals surface area contributed by atoms with Crippen LogP contribution in [0.15, 0.2) is 42.7 Å². The third kappa shape index (κ3) is 1.74. The molecule has 2 heterocycles. The van der Waals surface area contributed by atoms with Crippen LogP contribution in [0.3, 0.4) is 0 Å². The molecule has 0 atom stereocenters. The first-order chi connectivity index (χ1) is 9.18. The maximum Gasteiger partial charge on any atom is 0.278 e. The van der Waals surface area contributed by atoms with E-state index in [4.69, 9.17) is 0 Å². The summed E-state index contributed by atoms with van der Waals surface area (Å²) in [6.45, 7) is 1.90. The van der Waals surface area contributed by atoms with Gasteiger partial charge in [-0.25, -0.2) is 9.50 Å². The van der Waals surface area contributed by atoms with Gasteiger partial charge in [0.1, 0.15) is 0 Å². The van der Waals surface area contributed by atoms with Gasteiger partial charge in [-0.3, -0.25) is 10.1 Å². The lowest BCUT2D eigenvalue weighted by Crippen LogP contribution is -1.99. The molecule has 0 aliphatic carbocycles. The first kappa shape index (κ1) is 11.3. The van der Waals surface area contributed by atoms with Crippen LogP contribution in [0, 0.1) is 17.0 Å². The molecular formula is C13H10N4O2. The SMILES string of the molecule is Cc1cnn2c(-c3ccccc3[N+](=O)[O-])ccnc12. The molecule has 0 aliphatic heterocycles. The zero-order chi connectivity index (χ0) is 13.4. The summed E-state index contributed by atoms with van der Waals surface area (Å²) in [6, 6.07) is 8.34. The van der Waals surface area contributed by atoms with E-state index >= 15 is 0 Å². The Bertz CT molecular complexity index is 779. The molecule has 2 aromatic heterocycles. The summed E-state index contributed by atoms with van der Waals surface area (Å²) in [4.78, 5) is 14.9. The van der Waals surface area contributed by atoms with Crippen LogP contribution in [-0.2, 0) is 0 Å². The number of aromatic nitrogens is 3. The van der Waals surface area contributed by atoms with Gasteiger partial charge in [-0.15, -0.1) is 0 Å². The fourth-order valence-electron chi connectivity index (χ4n) is 2.06. The topological polar surface area (TPSA) is 73.3 Å². The van der Waals surface area contributed by atoms with Crippen molar-refractivity contribution >= 4 is 11.3 Å². The monoisotopic (exact) mass is 254 g/mol. The normalized spacial score (nSPS) is 10.8. The van der Waals surface area contributed by atoms with Crippen molar-refractivity contribution in [2.24, 2.45) is 0 Å². The summed E-state index contributed by atoms with van der Waals surface area (Å²) in [5.41, 5.74) is 2.88. The van der Waals surface area contributed by atoms with Gasteiger partial charge < -0.3 is 0 Å². The molecule has 19 heavy (non-hydrogen) atoms. The second-order valence-electron chi connectivity index (χ2n) is 4.17. The van der Waals surface area contributed by atoms with Gasteiger partial charge in [0.25, 0.3) is 5.69 Å². The van der Waals surface area contributed by atoms with Crippen molar-refractivity contribution in [3.8, 4) is 11.3 Å². The van der Waals surface area contributed by atoms with Crippen LogP contribution in [0.5, 0.6) is 0 Å². The van der Waals surface area contributed by atoms with E-state index in [0.29, 0.717) is 16.9 Å². The highest BCUT2D eigenvalue weighted by atomic mass is 16.6. The maximum absolute atomic E-state index is 11.1. The quantitative estimate of drug-likeness (QED) is 0.520. The smallest absolute Gasteiger partial charge is 0.258 e. The van der Waals surface area contributed by atoms with E-state index in [2.05, 4.69) is 10.1 Å². The second-order valence-corrected chi connectivity index (χ2v) is 4.17. The number of hydrogen-bond acceptors (Lipinski definition) is 4. The lowest BCUT2D eigenvalue weighted by molar-refractivity contribution is -0.384. The largest absolute Gasteiger partial charge is 0.278 e. The Morgan fingerprint density at radius 3 is 2.84 bits per heavy atom. The van der Waals surface area contributed by atoms with Crippen LogP contribution >= 0.6 is 0 Å². The van der Waals surface area contributed by atoms with E-state index in [1.807, 2.05) is 6.92 Å². The summed E-state index contributed by atoms with van der Waals surface area (Å²) in [5, 5.41) is 15.3. The number of hydrogen-bond donors (Lipinski definition) is 0. The number of fused-ring (bicyclic) bond motifs is 1. The van der Waals surface area contributed by atoms with Gasteiger partial charge in [0.15, 0.2) is 5.65 Å². The van der Waals surface area contributed by atoms with Gasteiger partial charge in [0, 0.05) is 17.8 Å². The molecule has 0 amide bonds. The van der Waals surface area contributed by atoms with Crippen LogP contribution in [0.4, 0.5) is 5.69 Å². The lowest BCUT2D eigenvalue weighted by Gasteiger charge is -2.05. The summed E-state index contributed by atoms with van der Waals surface area (Å²) in [5.74, 6) is 0. The first-order valence-corrected chi connectivity index (χ1v) is 5.71. The van der Waals surface area contributed by atoms with Gasteiger partial charge in [-0.05, 0) is 19.1 Å². The predicted molar refractivity (Wildman–Crippen MR) is 69.8 cm³/mol. The third-order valence-corrected chi connectivity index (χ3v) is 2.95. The van der Waals surface area contributed by atoms with E-state index in [-0.39, 0.29) is 5.69 Å². The summed E-state index contributed by atoms with van der Waals surface area (Å²) in [6.07, 6.45) is 3.33. The number of rotatable bonds is 2. The minimum atomic E-state index is -0.391. The average molecular weight is 254 g/mol. The number of nitro groups is 1. The van der Waals surface area contributed by atoms with Crippen LogP contribution < -0.4 is 0 Å². The van der Waals surface area contributed by atoms with Gasteiger partial charge >= 0.3 is 0 Å². The van der Waals surface area contributed by atoms with Crippen molar-refractivity contribution < 1.29 is 4.92 Å². The van der Waals surface area contributed by atoms with Crippen molar-refractivity contribution in [3.63, 3.8) is 0 Å². The van der Waals surface area contributed by atoms with E-state index in [1.165, 1.54) is 6.07 Å². The number of nitro benzene ring substituents is 1. The Labute approximate surface area is 108 Å². The Kier molecular flexibility index (Phi) is 2.49. The third-order valence-electron chi connectivity index (χ3n) is 2.95. The second kappa shape index (κ2) is 4.16. The molecule has 3 aromatic rings. The first-order valence-electron chi connectivity index (χ1n) is 5.71. The molecule has 6 heteroatoms. The van der Waals surface area contributed by atoms with Crippen LogP contribution in [0.25, 0.3) is 16.9 Å². The van der Waals surface area contributed by atoms with Crippen molar-refractivity contribution in [3.05, 3.63) is 58.4 Å². The average Bonchev–Trinajstić information content (AvgIpc) is 2.81. The molecule has 1 aromatic carbocycles. The molecule has 6 nitrogen and oxygen atoms in total. The highest BCUT2D eigenvalue weighted by molar-refractivity contribution is 5.72.